The molecule has 0 spiro atoms. The number of nitrogens with one attached hydrogen (secondary N) is 1. The Balaban J connectivity index is 2.04. The number of anilines is 1. The van der Waals surface area contributed by atoms with Gasteiger partial charge in [0.05, 0.1) is 16.6 Å². The summed E-state index contributed by atoms with van der Waals surface area (Å²) in [4.78, 5) is 11.0. The van der Waals surface area contributed by atoms with Crippen molar-refractivity contribution in [1.29, 1.82) is 0 Å². The molecule has 2 rings (SSSR count). The van der Waals surface area contributed by atoms with E-state index in [1.54, 1.807) is 0 Å². The quantitative estimate of drug-likeness (QED) is 0.878. The van der Waals surface area contributed by atoms with E-state index in [0.717, 1.165) is 30.5 Å². The maximum atomic E-state index is 11.0. The smallest absolute Gasteiger partial charge is 0.306 e. The molecule has 1 aromatic rings. The Bertz CT molecular complexity index is 447. The summed E-state index contributed by atoms with van der Waals surface area (Å²) >= 11 is 6.14. The number of carboxylic acids is 1. The maximum Gasteiger partial charge on any atom is 0.306 e. The SMILES string of the molecule is Cc1ccc(Cl)c(NC2CCCC(C(=O)O)C2)c1. The van der Waals surface area contributed by atoms with Crippen LogP contribution >= 0.6 is 11.6 Å². The third-order valence-corrected chi connectivity index (χ3v) is 3.83. The number of benzene rings is 1. The normalized spacial score (nSPS) is 23.7. The summed E-state index contributed by atoms with van der Waals surface area (Å²) < 4.78 is 0. The number of hydrogen-bond donors (Lipinski definition) is 2. The van der Waals surface area contributed by atoms with Crippen molar-refractivity contribution in [3.05, 3.63) is 28.8 Å². The molecule has 0 radical (unpaired) electrons. The number of carbonyl (C=O) groups is 1. The van der Waals surface area contributed by atoms with E-state index in [0.29, 0.717) is 11.4 Å². The van der Waals surface area contributed by atoms with Gasteiger partial charge in [-0.3, -0.25) is 4.79 Å². The molecule has 1 saturated carbocycles. The van der Waals surface area contributed by atoms with Crippen LogP contribution in [0.25, 0.3) is 0 Å². The number of rotatable bonds is 3. The highest BCUT2D eigenvalue weighted by atomic mass is 35.5. The topological polar surface area (TPSA) is 49.3 Å². The minimum atomic E-state index is -0.683. The molecule has 0 amide bonds. The average molecular weight is 268 g/mol. The molecule has 0 aromatic heterocycles. The number of carboxylic acid groups (broad SMARTS) is 1. The number of hydrogen-bond acceptors (Lipinski definition) is 2. The highest BCUT2D eigenvalue weighted by Gasteiger charge is 2.27. The second-order valence-corrected chi connectivity index (χ2v) is 5.43. The highest BCUT2D eigenvalue weighted by Crippen LogP contribution is 2.30. The van der Waals surface area contributed by atoms with Crippen LogP contribution in [0, 0.1) is 12.8 Å². The molecule has 1 aliphatic rings. The summed E-state index contributed by atoms with van der Waals surface area (Å²) in [6.45, 7) is 2.02. The van der Waals surface area contributed by atoms with Gasteiger partial charge >= 0.3 is 5.97 Å². The molecular weight excluding hydrogens is 250 g/mol. The maximum absolute atomic E-state index is 11.0. The Labute approximate surface area is 112 Å². The van der Waals surface area contributed by atoms with Gasteiger partial charge in [0.25, 0.3) is 0 Å². The Hall–Kier alpha value is -1.22. The summed E-state index contributed by atoms with van der Waals surface area (Å²) in [7, 11) is 0. The molecular formula is C14H18ClNO2. The predicted octanol–water partition coefficient (Wildman–Crippen LogP) is 3.70. The van der Waals surface area contributed by atoms with Crippen LogP contribution in [0.3, 0.4) is 0 Å². The lowest BCUT2D eigenvalue weighted by atomic mass is 9.85. The van der Waals surface area contributed by atoms with Crippen LogP contribution in [0.2, 0.25) is 5.02 Å². The molecule has 98 valence electrons. The molecule has 0 heterocycles. The Morgan fingerprint density at radius 2 is 2.22 bits per heavy atom. The monoisotopic (exact) mass is 267 g/mol. The fourth-order valence-electron chi connectivity index (χ4n) is 2.51. The highest BCUT2D eigenvalue weighted by molar-refractivity contribution is 6.33. The number of aryl methyl sites for hydroxylation is 1. The largest absolute Gasteiger partial charge is 0.481 e. The van der Waals surface area contributed by atoms with Crippen LogP contribution < -0.4 is 5.32 Å². The Morgan fingerprint density at radius 1 is 1.44 bits per heavy atom. The van der Waals surface area contributed by atoms with Gasteiger partial charge in [0.15, 0.2) is 0 Å². The van der Waals surface area contributed by atoms with Crippen molar-refractivity contribution in [2.24, 2.45) is 5.92 Å². The van der Waals surface area contributed by atoms with E-state index in [2.05, 4.69) is 5.32 Å². The molecule has 0 saturated heterocycles. The van der Waals surface area contributed by atoms with Crippen LogP contribution in [0.5, 0.6) is 0 Å². The van der Waals surface area contributed by atoms with E-state index in [9.17, 15) is 4.79 Å². The molecule has 1 aromatic carbocycles. The first kappa shape index (κ1) is 13.2. The molecule has 4 heteroatoms. The minimum Gasteiger partial charge on any atom is -0.481 e. The van der Waals surface area contributed by atoms with Gasteiger partial charge < -0.3 is 10.4 Å². The van der Waals surface area contributed by atoms with E-state index in [4.69, 9.17) is 16.7 Å². The van der Waals surface area contributed by atoms with E-state index in [1.165, 1.54) is 0 Å². The summed E-state index contributed by atoms with van der Waals surface area (Å²) in [5.41, 5.74) is 2.06. The van der Waals surface area contributed by atoms with Gasteiger partial charge in [0, 0.05) is 6.04 Å². The third-order valence-electron chi connectivity index (χ3n) is 3.50. The van der Waals surface area contributed by atoms with Crippen molar-refractivity contribution in [1.82, 2.24) is 0 Å². The van der Waals surface area contributed by atoms with Crippen molar-refractivity contribution >= 4 is 23.3 Å². The molecule has 1 fully saturated rings. The first-order valence-corrected chi connectivity index (χ1v) is 6.69. The van der Waals surface area contributed by atoms with Gasteiger partial charge in [-0.2, -0.15) is 0 Å². The van der Waals surface area contributed by atoms with Gasteiger partial charge in [-0.15, -0.1) is 0 Å². The lowest BCUT2D eigenvalue weighted by Crippen LogP contribution is -2.31. The molecule has 0 aliphatic heterocycles. The standard InChI is InChI=1S/C14H18ClNO2/c1-9-5-6-12(15)13(7-9)16-11-4-2-3-10(8-11)14(17)18/h5-7,10-11,16H,2-4,8H2,1H3,(H,17,18). The second kappa shape index (κ2) is 5.61. The molecule has 0 bridgehead atoms. The molecule has 1 aliphatic carbocycles. The molecule has 2 unspecified atom stereocenters. The minimum absolute atomic E-state index is 0.208. The van der Waals surface area contributed by atoms with Crippen LogP contribution in [0.4, 0.5) is 5.69 Å². The summed E-state index contributed by atoms with van der Waals surface area (Å²) in [5.74, 6) is -0.906. The van der Waals surface area contributed by atoms with Crippen molar-refractivity contribution in [3.63, 3.8) is 0 Å². The van der Waals surface area contributed by atoms with E-state index >= 15 is 0 Å². The zero-order valence-corrected chi connectivity index (χ0v) is 11.2. The summed E-state index contributed by atoms with van der Waals surface area (Å²) in [6, 6.07) is 6.05. The lowest BCUT2D eigenvalue weighted by Gasteiger charge is -2.28. The molecule has 3 nitrogen and oxygen atoms in total. The van der Waals surface area contributed by atoms with Crippen molar-refractivity contribution < 1.29 is 9.90 Å². The van der Waals surface area contributed by atoms with E-state index in [-0.39, 0.29) is 12.0 Å². The van der Waals surface area contributed by atoms with Crippen molar-refractivity contribution in [3.8, 4) is 0 Å². The van der Waals surface area contributed by atoms with Crippen molar-refractivity contribution in [2.75, 3.05) is 5.32 Å². The molecule has 2 atom stereocenters. The van der Waals surface area contributed by atoms with Gasteiger partial charge in [0.1, 0.15) is 0 Å². The first-order chi connectivity index (χ1) is 8.56. The van der Waals surface area contributed by atoms with Gasteiger partial charge in [0.2, 0.25) is 0 Å². The summed E-state index contributed by atoms with van der Waals surface area (Å²) in [6.07, 6.45) is 3.43. The van der Waals surface area contributed by atoms with Gasteiger partial charge in [-0.1, -0.05) is 24.1 Å². The average Bonchev–Trinajstić information content (AvgIpc) is 2.34. The molecule has 18 heavy (non-hydrogen) atoms. The first-order valence-electron chi connectivity index (χ1n) is 6.32. The van der Waals surface area contributed by atoms with Gasteiger partial charge in [-0.05, 0) is 43.9 Å². The van der Waals surface area contributed by atoms with Crippen LogP contribution in [-0.4, -0.2) is 17.1 Å². The Kier molecular flexibility index (Phi) is 4.12. The summed E-state index contributed by atoms with van der Waals surface area (Å²) in [5, 5.41) is 13.1. The van der Waals surface area contributed by atoms with Gasteiger partial charge in [-0.25, -0.2) is 0 Å². The Morgan fingerprint density at radius 3 is 2.94 bits per heavy atom. The van der Waals surface area contributed by atoms with E-state index in [1.807, 2.05) is 25.1 Å². The van der Waals surface area contributed by atoms with E-state index < -0.39 is 5.97 Å². The van der Waals surface area contributed by atoms with Crippen molar-refractivity contribution in [2.45, 2.75) is 38.6 Å². The third kappa shape index (κ3) is 3.16. The van der Waals surface area contributed by atoms with Crippen LogP contribution in [0.1, 0.15) is 31.2 Å². The number of aliphatic carboxylic acids is 1. The zero-order valence-electron chi connectivity index (χ0n) is 10.4. The molecule has 2 N–H and O–H groups in total. The number of halogens is 1. The van der Waals surface area contributed by atoms with Crippen LogP contribution in [0.15, 0.2) is 18.2 Å². The van der Waals surface area contributed by atoms with Crippen LogP contribution in [-0.2, 0) is 4.79 Å². The second-order valence-electron chi connectivity index (χ2n) is 5.03. The fraction of sp³-hybridized carbons (Fsp3) is 0.500. The lowest BCUT2D eigenvalue weighted by molar-refractivity contribution is -0.142. The fourth-order valence-corrected chi connectivity index (χ4v) is 2.69. The zero-order chi connectivity index (χ0) is 13.1. The predicted molar refractivity (Wildman–Crippen MR) is 73.2 cm³/mol.